The molecule has 1 atom stereocenters. The molecule has 0 saturated heterocycles. The lowest BCUT2D eigenvalue weighted by molar-refractivity contribution is 0.0843. The molecular formula is C33H42O6. The van der Waals surface area contributed by atoms with E-state index in [2.05, 4.69) is 32.9 Å². The Morgan fingerprint density at radius 2 is 1.59 bits per heavy atom. The van der Waals surface area contributed by atoms with Gasteiger partial charge in [0.15, 0.2) is 17.3 Å². The third-order valence-electron chi connectivity index (χ3n) is 6.96. The minimum Gasteiger partial charge on any atom is -0.507 e. The second-order valence-electron chi connectivity index (χ2n) is 10.4. The van der Waals surface area contributed by atoms with Crippen LogP contribution in [0.2, 0.25) is 0 Å². The average Bonchev–Trinajstić information content (AvgIpc) is 2.89. The van der Waals surface area contributed by atoms with Crippen molar-refractivity contribution < 1.29 is 28.8 Å². The largest absolute Gasteiger partial charge is 0.507 e. The summed E-state index contributed by atoms with van der Waals surface area (Å²) in [6, 6.07) is 5.49. The molecule has 6 nitrogen and oxygen atoms in total. The van der Waals surface area contributed by atoms with Gasteiger partial charge in [-0.2, -0.15) is 0 Å². The average molecular weight is 535 g/mol. The Kier molecular flexibility index (Phi) is 10.3. The van der Waals surface area contributed by atoms with E-state index < -0.39 is 6.10 Å². The van der Waals surface area contributed by atoms with Crippen LogP contribution in [0.1, 0.15) is 87.0 Å². The number of rotatable bonds is 11. The van der Waals surface area contributed by atoms with Crippen LogP contribution in [0, 0.1) is 0 Å². The summed E-state index contributed by atoms with van der Waals surface area (Å²) in [7, 11) is 4.78. The maximum absolute atomic E-state index is 13.4. The Hall–Kier alpha value is -3.67. The van der Waals surface area contributed by atoms with Crippen molar-refractivity contribution in [2.45, 2.75) is 72.8 Å². The van der Waals surface area contributed by atoms with E-state index in [4.69, 9.17) is 18.9 Å². The van der Waals surface area contributed by atoms with E-state index in [1.807, 2.05) is 32.1 Å². The molecule has 6 heteroatoms. The molecule has 1 aliphatic heterocycles. The maximum atomic E-state index is 13.4. The summed E-state index contributed by atoms with van der Waals surface area (Å²) in [5, 5.41) is 11.1. The molecule has 0 spiro atoms. The van der Waals surface area contributed by atoms with Gasteiger partial charge in [-0.3, -0.25) is 4.79 Å². The Bertz CT molecular complexity index is 1290. The molecule has 0 bridgehead atoms. The van der Waals surface area contributed by atoms with E-state index in [1.165, 1.54) is 11.1 Å². The summed E-state index contributed by atoms with van der Waals surface area (Å²) in [4.78, 5) is 13.4. The maximum Gasteiger partial charge on any atom is 0.174 e. The van der Waals surface area contributed by atoms with E-state index >= 15 is 0 Å². The summed E-state index contributed by atoms with van der Waals surface area (Å²) in [6.07, 6.45) is 9.00. The molecule has 0 aliphatic carbocycles. The monoisotopic (exact) mass is 534 g/mol. The Labute approximate surface area is 232 Å². The first-order chi connectivity index (χ1) is 18.6. The lowest BCUT2D eigenvalue weighted by Crippen LogP contribution is -2.22. The van der Waals surface area contributed by atoms with Gasteiger partial charge in [0.25, 0.3) is 0 Å². The molecule has 3 rings (SSSR count). The standard InChI is InChI=1S/C33H42O6/c1-20(2)10-9-11-22(5)13-15-24-23(16-17-27(36-6)33(24)38-8)29-18-26(34)31-30(39-29)19-28(37-7)25(32(31)35)14-12-21(3)4/h10,12-13,16-17,19,29,35H,9,11,14-15,18H2,1-8H3/t29-/m0/s1. The molecule has 2 aromatic carbocycles. The van der Waals surface area contributed by atoms with Gasteiger partial charge in [0.05, 0.1) is 27.8 Å². The number of aromatic hydroxyl groups is 1. The number of Topliss-reactive ketones (excluding diaryl/α,β-unsaturated/α-hetero) is 1. The number of benzene rings is 2. The van der Waals surface area contributed by atoms with Gasteiger partial charge in [-0.05, 0) is 66.4 Å². The van der Waals surface area contributed by atoms with Crippen molar-refractivity contribution in [3.8, 4) is 28.7 Å². The molecule has 0 fully saturated rings. The number of carbonyl (C=O) groups excluding carboxylic acids is 1. The molecule has 2 aromatic rings. The predicted molar refractivity (Wildman–Crippen MR) is 156 cm³/mol. The molecule has 1 aliphatic rings. The lowest BCUT2D eigenvalue weighted by atomic mass is 9.89. The van der Waals surface area contributed by atoms with Gasteiger partial charge in [-0.15, -0.1) is 0 Å². The summed E-state index contributed by atoms with van der Waals surface area (Å²) < 4.78 is 23.3. The number of hydrogen-bond acceptors (Lipinski definition) is 6. The zero-order valence-electron chi connectivity index (χ0n) is 24.6. The van der Waals surface area contributed by atoms with Crippen molar-refractivity contribution in [2.24, 2.45) is 0 Å². The highest BCUT2D eigenvalue weighted by molar-refractivity contribution is 6.03. The number of allylic oxidation sites excluding steroid dienone is 6. The van der Waals surface area contributed by atoms with Crippen LogP contribution in [0.3, 0.4) is 0 Å². The molecule has 0 saturated carbocycles. The first-order valence-electron chi connectivity index (χ1n) is 13.4. The van der Waals surface area contributed by atoms with Crippen LogP contribution >= 0.6 is 0 Å². The zero-order chi connectivity index (χ0) is 28.7. The molecule has 0 unspecified atom stereocenters. The number of ether oxygens (including phenoxy) is 4. The fourth-order valence-electron chi connectivity index (χ4n) is 4.83. The number of hydrogen-bond donors (Lipinski definition) is 1. The van der Waals surface area contributed by atoms with Gasteiger partial charge in [0.2, 0.25) is 0 Å². The van der Waals surface area contributed by atoms with Gasteiger partial charge >= 0.3 is 0 Å². The predicted octanol–water partition coefficient (Wildman–Crippen LogP) is 7.87. The third kappa shape index (κ3) is 7.05. The summed E-state index contributed by atoms with van der Waals surface area (Å²) >= 11 is 0. The van der Waals surface area contributed by atoms with Crippen LogP contribution < -0.4 is 18.9 Å². The number of methoxy groups -OCH3 is 3. The van der Waals surface area contributed by atoms with Crippen molar-refractivity contribution in [3.63, 3.8) is 0 Å². The number of carbonyl (C=O) groups is 1. The highest BCUT2D eigenvalue weighted by Crippen LogP contribution is 2.47. The molecule has 0 aromatic heterocycles. The Balaban J connectivity index is 2.03. The third-order valence-corrected chi connectivity index (χ3v) is 6.96. The topological polar surface area (TPSA) is 74.2 Å². The number of fused-ring (bicyclic) bond motifs is 1. The second-order valence-corrected chi connectivity index (χ2v) is 10.4. The van der Waals surface area contributed by atoms with Crippen LogP contribution in [0.25, 0.3) is 0 Å². The van der Waals surface area contributed by atoms with Crippen molar-refractivity contribution in [3.05, 3.63) is 75.4 Å². The first kappa shape index (κ1) is 29.9. The van der Waals surface area contributed by atoms with Crippen molar-refractivity contribution in [1.82, 2.24) is 0 Å². The molecule has 0 radical (unpaired) electrons. The molecule has 210 valence electrons. The highest BCUT2D eigenvalue weighted by Gasteiger charge is 2.34. The Morgan fingerprint density at radius 3 is 2.21 bits per heavy atom. The molecule has 1 heterocycles. The van der Waals surface area contributed by atoms with Crippen molar-refractivity contribution in [1.29, 1.82) is 0 Å². The summed E-state index contributed by atoms with van der Waals surface area (Å²) in [6.45, 7) is 10.3. The van der Waals surface area contributed by atoms with Gasteiger partial charge in [0.1, 0.15) is 28.9 Å². The van der Waals surface area contributed by atoms with Gasteiger partial charge < -0.3 is 24.1 Å². The van der Waals surface area contributed by atoms with E-state index in [0.717, 1.165) is 29.5 Å². The van der Waals surface area contributed by atoms with Gasteiger partial charge in [-0.1, -0.05) is 41.0 Å². The number of phenols is 1. The summed E-state index contributed by atoms with van der Waals surface area (Å²) in [5.74, 6) is 1.81. The van der Waals surface area contributed by atoms with Crippen LogP contribution in [-0.4, -0.2) is 32.2 Å². The van der Waals surface area contributed by atoms with E-state index in [-0.39, 0.29) is 23.5 Å². The first-order valence-corrected chi connectivity index (χ1v) is 13.4. The van der Waals surface area contributed by atoms with E-state index in [1.54, 1.807) is 27.4 Å². The molecule has 1 N–H and O–H groups in total. The second kappa shape index (κ2) is 13.4. The fraction of sp³-hybridized carbons (Fsp3) is 0.424. The van der Waals surface area contributed by atoms with Gasteiger partial charge in [-0.25, -0.2) is 0 Å². The van der Waals surface area contributed by atoms with Crippen LogP contribution in [0.5, 0.6) is 28.7 Å². The minimum absolute atomic E-state index is 0.0761. The molecule has 39 heavy (non-hydrogen) atoms. The SMILES string of the molecule is COc1cc2c(c(O)c1CC=C(C)C)C(=O)C[C@@H](c1ccc(OC)c(OC)c1CC=C(C)CCC=C(C)C)O2. The normalized spacial score (nSPS) is 14.7. The lowest BCUT2D eigenvalue weighted by Gasteiger charge is -2.29. The minimum atomic E-state index is -0.549. The van der Waals surface area contributed by atoms with Crippen molar-refractivity contribution in [2.75, 3.05) is 21.3 Å². The molecule has 0 amide bonds. The smallest absolute Gasteiger partial charge is 0.174 e. The fourth-order valence-corrected chi connectivity index (χ4v) is 4.83. The van der Waals surface area contributed by atoms with Crippen LogP contribution in [0.15, 0.2) is 53.1 Å². The van der Waals surface area contributed by atoms with E-state index in [0.29, 0.717) is 41.4 Å². The highest BCUT2D eigenvalue weighted by atomic mass is 16.5. The van der Waals surface area contributed by atoms with Crippen LogP contribution in [-0.2, 0) is 12.8 Å². The number of phenolic OH excluding ortho intramolecular Hbond substituents is 1. The van der Waals surface area contributed by atoms with Crippen molar-refractivity contribution >= 4 is 5.78 Å². The Morgan fingerprint density at radius 1 is 0.923 bits per heavy atom. The van der Waals surface area contributed by atoms with Gasteiger partial charge in [0, 0.05) is 22.8 Å². The molecular weight excluding hydrogens is 492 g/mol. The number of ketones is 1. The quantitative estimate of drug-likeness (QED) is 0.296. The zero-order valence-corrected chi connectivity index (χ0v) is 24.6. The van der Waals surface area contributed by atoms with E-state index in [9.17, 15) is 9.90 Å². The summed E-state index contributed by atoms with van der Waals surface area (Å²) in [5.41, 5.74) is 6.25. The van der Waals surface area contributed by atoms with Crippen LogP contribution in [0.4, 0.5) is 0 Å².